The van der Waals surface area contributed by atoms with E-state index in [0.717, 1.165) is 37.6 Å². The van der Waals surface area contributed by atoms with E-state index in [1.807, 2.05) is 35.1 Å². The second-order valence-corrected chi connectivity index (χ2v) is 6.16. The summed E-state index contributed by atoms with van der Waals surface area (Å²) in [5, 5.41) is 16.0. The first-order chi connectivity index (χ1) is 12.4. The summed E-state index contributed by atoms with van der Waals surface area (Å²) in [6.45, 7) is 4.51. The van der Waals surface area contributed by atoms with Gasteiger partial charge in [-0.25, -0.2) is 4.68 Å². The van der Waals surface area contributed by atoms with E-state index in [-0.39, 0.29) is 13.5 Å². The van der Waals surface area contributed by atoms with E-state index >= 15 is 0 Å². The molecule has 0 amide bonds. The first-order valence-electron chi connectivity index (χ1n) is 8.56. The summed E-state index contributed by atoms with van der Waals surface area (Å²) in [4.78, 5) is 6.72. The van der Waals surface area contributed by atoms with Crippen LogP contribution in [0.15, 0.2) is 54.9 Å². The number of nitrogens with one attached hydrogen (secondary N) is 1. The van der Waals surface area contributed by atoms with Gasteiger partial charge in [0, 0.05) is 38.6 Å². The fraction of sp³-hybridized carbons (Fsp3) is 0.368. The third kappa shape index (κ3) is 3.95. The Balaban J connectivity index is 0.00000196. The van der Waals surface area contributed by atoms with Crippen molar-refractivity contribution >= 4 is 0 Å². The molecule has 1 fully saturated rings. The maximum absolute atomic E-state index is 4.38. The molecule has 4 rings (SSSR count). The van der Waals surface area contributed by atoms with Crippen LogP contribution in [0, 0.1) is 0 Å². The van der Waals surface area contributed by atoms with E-state index < -0.39 is 0 Å². The summed E-state index contributed by atoms with van der Waals surface area (Å²) in [6.07, 6.45) is 3.71. The van der Waals surface area contributed by atoms with Crippen molar-refractivity contribution < 1.29 is 0 Å². The fourth-order valence-corrected chi connectivity index (χ4v) is 3.28. The lowest BCUT2D eigenvalue weighted by molar-refractivity contribution is 0.188. The quantitative estimate of drug-likeness (QED) is 0.755. The summed E-state index contributed by atoms with van der Waals surface area (Å²) in [7, 11) is 0. The second-order valence-electron chi connectivity index (χ2n) is 6.16. The SMILES string of the molecule is C.c1ccc(Cn2nnnc2C(c2cccnc2)N2CCNCC2)cc1. The number of aromatic nitrogens is 5. The van der Waals surface area contributed by atoms with Crippen molar-refractivity contribution in [1.29, 1.82) is 0 Å². The molecule has 0 saturated carbocycles. The summed E-state index contributed by atoms with van der Waals surface area (Å²) in [5.74, 6) is 0.860. The van der Waals surface area contributed by atoms with Gasteiger partial charge in [-0.3, -0.25) is 9.88 Å². The summed E-state index contributed by atoms with van der Waals surface area (Å²) < 4.78 is 1.90. The molecule has 0 radical (unpaired) electrons. The number of piperazine rings is 1. The molecule has 1 aromatic carbocycles. The summed E-state index contributed by atoms with van der Waals surface area (Å²) in [6, 6.07) is 14.3. The molecule has 7 heteroatoms. The highest BCUT2D eigenvalue weighted by atomic mass is 15.5. The zero-order valence-corrected chi connectivity index (χ0v) is 14.0. The van der Waals surface area contributed by atoms with Gasteiger partial charge in [0.25, 0.3) is 0 Å². The van der Waals surface area contributed by atoms with Crippen LogP contribution in [0.5, 0.6) is 0 Å². The highest BCUT2D eigenvalue weighted by molar-refractivity contribution is 5.22. The molecule has 1 N–H and O–H groups in total. The van der Waals surface area contributed by atoms with Crippen molar-refractivity contribution in [2.75, 3.05) is 26.2 Å². The number of rotatable bonds is 5. The van der Waals surface area contributed by atoms with Crippen LogP contribution in [0.1, 0.15) is 30.4 Å². The molecule has 26 heavy (non-hydrogen) atoms. The highest BCUT2D eigenvalue weighted by Crippen LogP contribution is 2.26. The molecule has 1 unspecified atom stereocenters. The van der Waals surface area contributed by atoms with Gasteiger partial charge in [0.2, 0.25) is 0 Å². The van der Waals surface area contributed by atoms with Gasteiger partial charge in [0.1, 0.15) is 0 Å². The van der Waals surface area contributed by atoms with Gasteiger partial charge in [-0.05, 0) is 27.6 Å². The number of nitrogens with zero attached hydrogens (tertiary/aromatic N) is 6. The monoisotopic (exact) mass is 351 g/mol. The van der Waals surface area contributed by atoms with Crippen LogP contribution in [0.3, 0.4) is 0 Å². The van der Waals surface area contributed by atoms with Crippen LogP contribution in [0.4, 0.5) is 0 Å². The third-order valence-corrected chi connectivity index (χ3v) is 4.50. The van der Waals surface area contributed by atoms with Crippen molar-refractivity contribution in [3.8, 4) is 0 Å². The first kappa shape index (κ1) is 18.2. The second kappa shape index (κ2) is 8.64. The molecular weight excluding hydrogens is 326 g/mol. The Morgan fingerprint density at radius 2 is 1.85 bits per heavy atom. The lowest BCUT2D eigenvalue weighted by Crippen LogP contribution is -2.46. The predicted octanol–water partition coefficient (Wildman–Crippen LogP) is 1.75. The van der Waals surface area contributed by atoms with Crippen molar-refractivity contribution in [3.63, 3.8) is 0 Å². The van der Waals surface area contributed by atoms with Crippen LogP contribution in [-0.2, 0) is 6.54 Å². The minimum Gasteiger partial charge on any atom is -0.314 e. The van der Waals surface area contributed by atoms with E-state index in [9.17, 15) is 0 Å². The van der Waals surface area contributed by atoms with Crippen molar-refractivity contribution in [2.45, 2.75) is 20.0 Å². The van der Waals surface area contributed by atoms with Gasteiger partial charge in [-0.15, -0.1) is 5.10 Å². The Bertz CT molecular complexity index is 782. The van der Waals surface area contributed by atoms with Gasteiger partial charge >= 0.3 is 0 Å². The van der Waals surface area contributed by atoms with Crippen molar-refractivity contribution in [3.05, 3.63) is 71.8 Å². The van der Waals surface area contributed by atoms with Gasteiger partial charge < -0.3 is 5.32 Å². The van der Waals surface area contributed by atoms with E-state index in [1.165, 1.54) is 5.56 Å². The Morgan fingerprint density at radius 3 is 2.58 bits per heavy atom. The Morgan fingerprint density at radius 1 is 1.04 bits per heavy atom. The average Bonchev–Trinajstić information content (AvgIpc) is 3.12. The molecule has 0 aliphatic carbocycles. The average molecular weight is 351 g/mol. The Labute approximate surface area is 154 Å². The van der Waals surface area contributed by atoms with Crippen molar-refractivity contribution in [1.82, 2.24) is 35.4 Å². The zero-order valence-electron chi connectivity index (χ0n) is 14.0. The van der Waals surface area contributed by atoms with Gasteiger partial charge in [-0.2, -0.15) is 0 Å². The standard InChI is InChI=1S/C18H21N7.CH4/c1-2-5-15(6-3-1)14-25-18(21-22-23-25)17(16-7-4-8-20-13-16)24-11-9-19-10-12-24;/h1-8,13,17,19H,9-12,14H2;1H4. The van der Waals surface area contributed by atoms with E-state index in [2.05, 4.69) is 48.9 Å². The van der Waals surface area contributed by atoms with Crippen LogP contribution in [-0.4, -0.2) is 56.3 Å². The lowest BCUT2D eigenvalue weighted by atomic mass is 10.1. The van der Waals surface area contributed by atoms with E-state index in [0.29, 0.717) is 6.54 Å². The van der Waals surface area contributed by atoms with Crippen LogP contribution < -0.4 is 5.32 Å². The van der Waals surface area contributed by atoms with E-state index in [4.69, 9.17) is 0 Å². The van der Waals surface area contributed by atoms with Gasteiger partial charge in [0.15, 0.2) is 5.82 Å². The molecule has 7 nitrogen and oxygen atoms in total. The minimum atomic E-state index is 0. The molecule has 0 bridgehead atoms. The Hall–Kier alpha value is -2.64. The Kier molecular flexibility index (Phi) is 6.04. The van der Waals surface area contributed by atoms with Crippen LogP contribution >= 0.6 is 0 Å². The fourth-order valence-electron chi connectivity index (χ4n) is 3.28. The topological polar surface area (TPSA) is 71.8 Å². The molecule has 3 heterocycles. The number of pyridine rings is 1. The normalized spacial score (nSPS) is 16.0. The molecule has 136 valence electrons. The molecule has 3 aromatic rings. The van der Waals surface area contributed by atoms with Crippen LogP contribution in [0.25, 0.3) is 0 Å². The lowest BCUT2D eigenvalue weighted by Gasteiger charge is -2.34. The third-order valence-electron chi connectivity index (χ3n) is 4.50. The maximum atomic E-state index is 4.38. The number of hydrogen-bond donors (Lipinski definition) is 1. The van der Waals surface area contributed by atoms with Crippen LogP contribution in [0.2, 0.25) is 0 Å². The van der Waals surface area contributed by atoms with Gasteiger partial charge in [-0.1, -0.05) is 43.8 Å². The molecule has 1 aliphatic rings. The molecule has 1 aliphatic heterocycles. The molecule has 1 saturated heterocycles. The first-order valence-corrected chi connectivity index (χ1v) is 8.56. The predicted molar refractivity (Wildman–Crippen MR) is 101 cm³/mol. The van der Waals surface area contributed by atoms with Crippen molar-refractivity contribution in [2.24, 2.45) is 0 Å². The molecule has 0 spiro atoms. The summed E-state index contributed by atoms with van der Waals surface area (Å²) >= 11 is 0. The molecular formula is C19H25N7. The summed E-state index contributed by atoms with van der Waals surface area (Å²) in [5.41, 5.74) is 2.30. The zero-order chi connectivity index (χ0) is 16.9. The smallest absolute Gasteiger partial charge is 0.173 e. The van der Waals surface area contributed by atoms with Gasteiger partial charge in [0.05, 0.1) is 12.6 Å². The number of hydrogen-bond acceptors (Lipinski definition) is 6. The number of benzene rings is 1. The molecule has 2 aromatic heterocycles. The molecule has 1 atom stereocenters. The minimum absolute atomic E-state index is 0. The maximum Gasteiger partial charge on any atom is 0.173 e. The van der Waals surface area contributed by atoms with E-state index in [1.54, 1.807) is 6.20 Å². The number of tetrazole rings is 1. The largest absolute Gasteiger partial charge is 0.314 e. The highest BCUT2D eigenvalue weighted by Gasteiger charge is 2.29.